The van der Waals surface area contributed by atoms with Crippen molar-refractivity contribution < 1.29 is 9.72 Å². The van der Waals surface area contributed by atoms with E-state index in [-0.39, 0.29) is 22.3 Å². The van der Waals surface area contributed by atoms with E-state index in [0.717, 1.165) is 5.56 Å². The van der Waals surface area contributed by atoms with Gasteiger partial charge in [0.2, 0.25) is 0 Å². The Kier molecular flexibility index (Phi) is 4.93. The molecule has 0 aliphatic carbocycles. The van der Waals surface area contributed by atoms with Crippen LogP contribution in [-0.2, 0) is 6.42 Å². The number of benzene rings is 1. The van der Waals surface area contributed by atoms with Crippen molar-refractivity contribution in [1.29, 1.82) is 0 Å². The van der Waals surface area contributed by atoms with Crippen LogP contribution in [0.25, 0.3) is 0 Å². The van der Waals surface area contributed by atoms with Crippen LogP contribution >= 0.6 is 22.9 Å². The van der Waals surface area contributed by atoms with E-state index in [1.165, 1.54) is 18.2 Å². The van der Waals surface area contributed by atoms with Crippen molar-refractivity contribution in [2.24, 2.45) is 0 Å². The minimum Gasteiger partial charge on any atom is -0.349 e. The molecule has 0 aliphatic rings. The summed E-state index contributed by atoms with van der Waals surface area (Å²) in [6.45, 7) is 1.88. The second-order valence-corrected chi connectivity index (χ2v) is 5.76. The number of nitro groups is 1. The lowest BCUT2D eigenvalue weighted by molar-refractivity contribution is -0.384. The van der Waals surface area contributed by atoms with Gasteiger partial charge in [0.15, 0.2) is 0 Å². The summed E-state index contributed by atoms with van der Waals surface area (Å²) in [5, 5.41) is 17.5. The first-order valence-corrected chi connectivity index (χ1v) is 7.56. The zero-order chi connectivity index (χ0) is 15.4. The molecule has 1 atom stereocenters. The maximum atomic E-state index is 12.2. The lowest BCUT2D eigenvalue weighted by Gasteiger charge is -2.13. The van der Waals surface area contributed by atoms with Crippen molar-refractivity contribution in [2.45, 2.75) is 19.4 Å². The number of halogens is 1. The number of nitro benzene ring substituents is 1. The van der Waals surface area contributed by atoms with E-state index in [9.17, 15) is 14.9 Å². The second kappa shape index (κ2) is 6.69. The van der Waals surface area contributed by atoms with Gasteiger partial charge < -0.3 is 5.32 Å². The molecule has 1 aromatic heterocycles. The molecule has 1 aromatic carbocycles. The van der Waals surface area contributed by atoms with E-state index < -0.39 is 10.8 Å². The van der Waals surface area contributed by atoms with Crippen LogP contribution in [0.3, 0.4) is 0 Å². The normalized spacial score (nSPS) is 11.9. The van der Waals surface area contributed by atoms with Crippen LogP contribution in [0.4, 0.5) is 5.69 Å². The van der Waals surface area contributed by atoms with Crippen LogP contribution < -0.4 is 5.32 Å². The largest absolute Gasteiger partial charge is 0.349 e. The van der Waals surface area contributed by atoms with Gasteiger partial charge in [-0.25, -0.2) is 0 Å². The van der Waals surface area contributed by atoms with Crippen LogP contribution in [-0.4, -0.2) is 16.9 Å². The van der Waals surface area contributed by atoms with Gasteiger partial charge in [0.1, 0.15) is 5.02 Å². The predicted octanol–water partition coefficient (Wildman–Crippen LogP) is 3.67. The molecule has 2 aromatic rings. The first-order valence-electron chi connectivity index (χ1n) is 6.24. The number of nitrogens with one attached hydrogen (secondary N) is 1. The first-order chi connectivity index (χ1) is 9.99. The van der Waals surface area contributed by atoms with Crippen LogP contribution in [0.15, 0.2) is 35.0 Å². The predicted molar refractivity (Wildman–Crippen MR) is 83.1 cm³/mol. The van der Waals surface area contributed by atoms with Crippen LogP contribution in [0.5, 0.6) is 0 Å². The average molecular weight is 325 g/mol. The van der Waals surface area contributed by atoms with Gasteiger partial charge in [-0.15, -0.1) is 0 Å². The highest BCUT2D eigenvalue weighted by atomic mass is 35.5. The third-order valence-electron chi connectivity index (χ3n) is 2.92. The molecule has 2 rings (SSSR count). The van der Waals surface area contributed by atoms with Crippen LogP contribution in [0, 0.1) is 10.1 Å². The van der Waals surface area contributed by atoms with Gasteiger partial charge in [0, 0.05) is 12.1 Å². The minimum absolute atomic E-state index is 0.0950. The molecule has 0 saturated heterocycles. The maximum absolute atomic E-state index is 12.2. The summed E-state index contributed by atoms with van der Waals surface area (Å²) in [4.78, 5) is 22.4. The Morgan fingerprint density at radius 3 is 2.86 bits per heavy atom. The Labute approximate surface area is 130 Å². The van der Waals surface area contributed by atoms with Crippen molar-refractivity contribution in [3.05, 3.63) is 61.3 Å². The summed E-state index contributed by atoms with van der Waals surface area (Å²) < 4.78 is 0. The summed E-state index contributed by atoms with van der Waals surface area (Å²) in [5.41, 5.74) is 0.982. The highest BCUT2D eigenvalue weighted by molar-refractivity contribution is 7.07. The highest BCUT2D eigenvalue weighted by Crippen LogP contribution is 2.27. The van der Waals surface area contributed by atoms with Crippen LogP contribution in [0.1, 0.15) is 22.8 Å². The fraction of sp³-hybridized carbons (Fsp3) is 0.214. The molecule has 0 bridgehead atoms. The number of thiophene rings is 1. The van der Waals surface area contributed by atoms with Gasteiger partial charge in [0.25, 0.3) is 11.6 Å². The minimum atomic E-state index is -0.603. The Morgan fingerprint density at radius 1 is 1.48 bits per heavy atom. The summed E-state index contributed by atoms with van der Waals surface area (Å²) in [5.74, 6) is -0.411. The fourth-order valence-corrected chi connectivity index (χ4v) is 2.91. The molecule has 0 saturated carbocycles. The SMILES string of the molecule is CC(Cc1ccsc1)NC(=O)c1cccc([N+](=O)[O-])c1Cl. The molecule has 1 amide bonds. The van der Waals surface area contributed by atoms with E-state index in [0.29, 0.717) is 6.42 Å². The smallest absolute Gasteiger partial charge is 0.288 e. The molecule has 0 radical (unpaired) electrons. The van der Waals surface area contributed by atoms with Crippen LogP contribution in [0.2, 0.25) is 5.02 Å². The van der Waals surface area contributed by atoms with Gasteiger partial charge in [-0.2, -0.15) is 11.3 Å². The lowest BCUT2D eigenvalue weighted by atomic mass is 10.1. The third kappa shape index (κ3) is 3.80. The maximum Gasteiger partial charge on any atom is 0.288 e. The number of amides is 1. The molecule has 1 heterocycles. The fourth-order valence-electron chi connectivity index (χ4n) is 1.95. The Balaban J connectivity index is 2.10. The van der Waals surface area contributed by atoms with Crippen molar-refractivity contribution in [1.82, 2.24) is 5.32 Å². The van der Waals surface area contributed by atoms with Gasteiger partial charge >= 0.3 is 0 Å². The molecule has 1 N–H and O–H groups in total. The van der Waals surface area contributed by atoms with Crippen molar-refractivity contribution in [3.8, 4) is 0 Å². The Hall–Kier alpha value is -1.92. The molecule has 0 aliphatic heterocycles. The number of hydrogen-bond donors (Lipinski definition) is 1. The summed E-state index contributed by atoms with van der Waals surface area (Å²) in [7, 11) is 0. The van der Waals surface area contributed by atoms with Gasteiger partial charge in [-0.3, -0.25) is 14.9 Å². The zero-order valence-electron chi connectivity index (χ0n) is 11.2. The van der Waals surface area contributed by atoms with E-state index in [2.05, 4.69) is 5.32 Å². The van der Waals surface area contributed by atoms with E-state index in [4.69, 9.17) is 11.6 Å². The lowest BCUT2D eigenvalue weighted by Crippen LogP contribution is -2.34. The topological polar surface area (TPSA) is 72.2 Å². The molecular weight excluding hydrogens is 312 g/mol. The summed E-state index contributed by atoms with van der Waals surface area (Å²) >= 11 is 7.52. The molecular formula is C14H13ClN2O3S. The number of carbonyl (C=O) groups is 1. The number of nitrogens with zero attached hydrogens (tertiary/aromatic N) is 1. The molecule has 7 heteroatoms. The van der Waals surface area contributed by atoms with Crippen molar-refractivity contribution in [2.75, 3.05) is 0 Å². The standard InChI is InChI=1S/C14H13ClN2O3S/c1-9(7-10-5-6-21-8-10)16-14(18)11-3-2-4-12(13(11)15)17(19)20/h2-6,8-9H,7H2,1H3,(H,16,18). The summed E-state index contributed by atoms with van der Waals surface area (Å²) in [6, 6.07) is 6.09. The van der Waals surface area contributed by atoms with Crippen molar-refractivity contribution >= 4 is 34.5 Å². The zero-order valence-corrected chi connectivity index (χ0v) is 12.8. The quantitative estimate of drug-likeness (QED) is 0.673. The van der Waals surface area contributed by atoms with Crippen molar-refractivity contribution in [3.63, 3.8) is 0 Å². The summed E-state index contributed by atoms with van der Waals surface area (Å²) in [6.07, 6.45) is 0.696. The molecule has 110 valence electrons. The first kappa shape index (κ1) is 15.5. The van der Waals surface area contributed by atoms with E-state index >= 15 is 0 Å². The second-order valence-electron chi connectivity index (χ2n) is 4.61. The van der Waals surface area contributed by atoms with Gasteiger partial charge in [-0.1, -0.05) is 17.7 Å². The number of rotatable bonds is 5. The van der Waals surface area contributed by atoms with Gasteiger partial charge in [-0.05, 0) is 41.8 Å². The molecule has 1 unspecified atom stereocenters. The van der Waals surface area contributed by atoms with Gasteiger partial charge in [0.05, 0.1) is 10.5 Å². The van der Waals surface area contributed by atoms with E-state index in [1.807, 2.05) is 23.8 Å². The highest BCUT2D eigenvalue weighted by Gasteiger charge is 2.20. The Morgan fingerprint density at radius 2 is 2.24 bits per heavy atom. The average Bonchev–Trinajstić information content (AvgIpc) is 2.91. The molecule has 21 heavy (non-hydrogen) atoms. The third-order valence-corrected chi connectivity index (χ3v) is 4.05. The molecule has 0 fully saturated rings. The number of hydrogen-bond acceptors (Lipinski definition) is 4. The monoisotopic (exact) mass is 324 g/mol. The van der Waals surface area contributed by atoms with E-state index in [1.54, 1.807) is 11.3 Å². The molecule has 0 spiro atoms. The Bertz CT molecular complexity index is 658. The molecule has 5 nitrogen and oxygen atoms in total. The number of carbonyl (C=O) groups excluding carboxylic acids is 1.